The molecule has 0 aliphatic heterocycles. The highest BCUT2D eigenvalue weighted by Gasteiger charge is 2.20. The van der Waals surface area contributed by atoms with Gasteiger partial charge in [-0.3, -0.25) is 4.79 Å². The Morgan fingerprint density at radius 2 is 2.26 bits per heavy atom. The van der Waals surface area contributed by atoms with Gasteiger partial charge in [0.25, 0.3) is 0 Å². The highest BCUT2D eigenvalue weighted by Crippen LogP contribution is 2.13. The number of oxime groups is 1. The lowest BCUT2D eigenvalue weighted by atomic mass is 10.3. The lowest BCUT2D eigenvalue weighted by Crippen LogP contribution is -2.19. The third-order valence-electron chi connectivity index (χ3n) is 1.97. The van der Waals surface area contributed by atoms with Crippen LogP contribution in [-0.4, -0.2) is 41.9 Å². The number of hydrogen-bond acceptors (Lipinski definition) is 8. The number of thiazole rings is 1. The number of carbonyl (C=O) groups is 2. The summed E-state index contributed by atoms with van der Waals surface area (Å²) in [5, 5.41) is 5.85. The SMILES string of the molecule is CCOC(=O)/C(=N\OC)c1csc(CC(=O)CS)n1. The third kappa shape index (κ3) is 4.64. The Hall–Kier alpha value is -1.41. The Morgan fingerprint density at radius 3 is 2.84 bits per heavy atom. The zero-order chi connectivity index (χ0) is 14.3. The maximum absolute atomic E-state index is 11.7. The van der Waals surface area contributed by atoms with E-state index in [1.54, 1.807) is 12.3 Å². The second-order valence-corrected chi connectivity index (χ2v) is 4.60. The van der Waals surface area contributed by atoms with Gasteiger partial charge in [0.1, 0.15) is 23.6 Å². The summed E-state index contributed by atoms with van der Waals surface area (Å²) in [5.41, 5.74) is 0.331. The van der Waals surface area contributed by atoms with Crippen LogP contribution in [0.4, 0.5) is 0 Å². The van der Waals surface area contributed by atoms with E-state index in [0.29, 0.717) is 10.7 Å². The number of ether oxygens (including phenoxy) is 1. The molecule has 0 aliphatic rings. The summed E-state index contributed by atoms with van der Waals surface area (Å²) < 4.78 is 4.86. The Kier molecular flexibility index (Phi) is 6.51. The van der Waals surface area contributed by atoms with E-state index >= 15 is 0 Å². The van der Waals surface area contributed by atoms with Gasteiger partial charge in [-0.2, -0.15) is 12.6 Å². The molecule has 0 radical (unpaired) electrons. The molecule has 6 nitrogen and oxygen atoms in total. The molecule has 0 saturated heterocycles. The van der Waals surface area contributed by atoms with Gasteiger partial charge in [0.05, 0.1) is 13.0 Å². The fraction of sp³-hybridized carbons (Fsp3) is 0.455. The number of carbonyl (C=O) groups excluding carboxylic acids is 2. The molecule has 0 spiro atoms. The molecule has 1 aromatic rings. The summed E-state index contributed by atoms with van der Waals surface area (Å²) in [7, 11) is 1.33. The van der Waals surface area contributed by atoms with Gasteiger partial charge in [-0.05, 0) is 6.92 Å². The van der Waals surface area contributed by atoms with Crippen molar-refractivity contribution in [2.45, 2.75) is 13.3 Å². The Labute approximate surface area is 120 Å². The van der Waals surface area contributed by atoms with Crippen LogP contribution in [0.15, 0.2) is 10.5 Å². The van der Waals surface area contributed by atoms with E-state index in [1.807, 2.05) is 0 Å². The van der Waals surface area contributed by atoms with Crippen molar-refractivity contribution in [1.29, 1.82) is 0 Å². The van der Waals surface area contributed by atoms with Crippen LogP contribution in [0.25, 0.3) is 0 Å². The zero-order valence-corrected chi connectivity index (χ0v) is 12.3. The van der Waals surface area contributed by atoms with Crippen molar-refractivity contribution in [3.05, 3.63) is 16.1 Å². The summed E-state index contributed by atoms with van der Waals surface area (Å²) in [6.07, 6.45) is 0.192. The third-order valence-corrected chi connectivity index (χ3v) is 3.17. The largest absolute Gasteiger partial charge is 0.461 e. The summed E-state index contributed by atoms with van der Waals surface area (Å²) in [5.74, 6) is -0.487. The molecular weight excluding hydrogens is 288 g/mol. The van der Waals surface area contributed by atoms with E-state index in [-0.39, 0.29) is 30.3 Å². The van der Waals surface area contributed by atoms with Crippen molar-refractivity contribution in [1.82, 2.24) is 4.98 Å². The second kappa shape index (κ2) is 7.90. The van der Waals surface area contributed by atoms with Crippen molar-refractivity contribution >= 4 is 41.4 Å². The van der Waals surface area contributed by atoms with Crippen LogP contribution in [0.1, 0.15) is 17.6 Å². The summed E-state index contributed by atoms with van der Waals surface area (Å²) in [6, 6.07) is 0. The second-order valence-electron chi connectivity index (χ2n) is 3.34. The number of thiol groups is 1. The first kappa shape index (κ1) is 15.6. The van der Waals surface area contributed by atoms with Gasteiger partial charge in [-0.1, -0.05) is 5.16 Å². The normalized spacial score (nSPS) is 11.2. The Bertz CT molecular complexity index is 485. The number of rotatable bonds is 7. The molecule has 0 fully saturated rings. The van der Waals surface area contributed by atoms with E-state index in [4.69, 9.17) is 4.74 Å². The predicted molar refractivity (Wildman–Crippen MR) is 74.9 cm³/mol. The standard InChI is InChI=1S/C11H14N2O4S2/c1-3-17-11(15)10(13-16-2)8-6-19-9(12-8)4-7(14)5-18/h6,18H,3-5H2,1-2H3/b13-10-. The van der Waals surface area contributed by atoms with Gasteiger partial charge in [-0.25, -0.2) is 9.78 Å². The van der Waals surface area contributed by atoms with Crippen LogP contribution >= 0.6 is 24.0 Å². The fourth-order valence-corrected chi connectivity index (χ4v) is 2.12. The van der Waals surface area contributed by atoms with Crippen molar-refractivity contribution in [3.8, 4) is 0 Å². The smallest absolute Gasteiger partial charge is 0.362 e. The zero-order valence-electron chi connectivity index (χ0n) is 10.6. The van der Waals surface area contributed by atoms with Gasteiger partial charge >= 0.3 is 5.97 Å². The van der Waals surface area contributed by atoms with E-state index in [9.17, 15) is 9.59 Å². The minimum atomic E-state index is -0.610. The van der Waals surface area contributed by atoms with E-state index in [2.05, 4.69) is 27.6 Å². The predicted octanol–water partition coefficient (Wildman–Crippen LogP) is 1.10. The minimum Gasteiger partial charge on any atom is -0.461 e. The number of hydrogen-bond donors (Lipinski definition) is 1. The molecule has 104 valence electrons. The molecule has 0 aromatic carbocycles. The molecule has 0 aliphatic carbocycles. The highest BCUT2D eigenvalue weighted by molar-refractivity contribution is 7.81. The van der Waals surface area contributed by atoms with Gasteiger partial charge in [-0.15, -0.1) is 11.3 Å². The van der Waals surface area contributed by atoms with Crippen molar-refractivity contribution < 1.29 is 19.2 Å². The number of esters is 1. The number of aromatic nitrogens is 1. The van der Waals surface area contributed by atoms with Gasteiger partial charge in [0, 0.05) is 11.1 Å². The Balaban J connectivity index is 2.90. The molecule has 1 rings (SSSR count). The average Bonchev–Trinajstić information content (AvgIpc) is 2.84. The minimum absolute atomic E-state index is 0.00910. The molecule has 1 aromatic heterocycles. The molecule has 0 bridgehead atoms. The van der Waals surface area contributed by atoms with E-state index in [1.165, 1.54) is 18.4 Å². The Morgan fingerprint density at radius 1 is 1.53 bits per heavy atom. The quantitative estimate of drug-likeness (QED) is 0.353. The van der Waals surface area contributed by atoms with Gasteiger partial charge in [0.2, 0.25) is 5.71 Å². The molecule has 0 atom stereocenters. The number of Topliss-reactive ketones (excluding diaryl/α,β-unsaturated/α-hetero) is 1. The maximum Gasteiger partial charge on any atom is 0.362 e. The van der Waals surface area contributed by atoms with Crippen molar-refractivity contribution in [2.75, 3.05) is 19.5 Å². The van der Waals surface area contributed by atoms with Crippen molar-refractivity contribution in [2.24, 2.45) is 5.16 Å². The maximum atomic E-state index is 11.7. The molecule has 19 heavy (non-hydrogen) atoms. The van der Waals surface area contributed by atoms with Gasteiger partial charge < -0.3 is 9.57 Å². The summed E-state index contributed by atoms with van der Waals surface area (Å²) in [4.78, 5) is 31.7. The lowest BCUT2D eigenvalue weighted by molar-refractivity contribution is -0.135. The molecule has 1 heterocycles. The van der Waals surface area contributed by atoms with Crippen LogP contribution in [-0.2, 0) is 25.6 Å². The van der Waals surface area contributed by atoms with Crippen LogP contribution in [0.2, 0.25) is 0 Å². The monoisotopic (exact) mass is 302 g/mol. The molecule has 0 amide bonds. The molecule has 8 heteroatoms. The van der Waals surface area contributed by atoms with Crippen LogP contribution in [0.3, 0.4) is 0 Å². The molecular formula is C11H14N2O4S2. The van der Waals surface area contributed by atoms with Gasteiger partial charge in [0.15, 0.2) is 0 Å². The van der Waals surface area contributed by atoms with E-state index < -0.39 is 5.97 Å². The fourth-order valence-electron chi connectivity index (χ4n) is 1.20. The first-order valence-corrected chi connectivity index (χ1v) is 6.99. The highest BCUT2D eigenvalue weighted by atomic mass is 32.1. The first-order chi connectivity index (χ1) is 9.12. The molecule has 0 unspecified atom stereocenters. The van der Waals surface area contributed by atoms with Crippen molar-refractivity contribution in [3.63, 3.8) is 0 Å². The number of ketones is 1. The van der Waals surface area contributed by atoms with Crippen LogP contribution < -0.4 is 0 Å². The van der Waals surface area contributed by atoms with Crippen LogP contribution in [0.5, 0.6) is 0 Å². The first-order valence-electron chi connectivity index (χ1n) is 5.48. The van der Waals surface area contributed by atoms with E-state index in [0.717, 1.165) is 0 Å². The summed E-state index contributed by atoms with van der Waals surface area (Å²) >= 11 is 5.17. The lowest BCUT2D eigenvalue weighted by Gasteiger charge is -2.02. The molecule has 0 saturated carbocycles. The topological polar surface area (TPSA) is 77.9 Å². The van der Waals surface area contributed by atoms with Crippen LogP contribution in [0, 0.1) is 0 Å². The average molecular weight is 302 g/mol. The molecule has 0 N–H and O–H groups in total. The summed E-state index contributed by atoms with van der Waals surface area (Å²) in [6.45, 7) is 1.93. The number of nitrogens with zero attached hydrogens (tertiary/aromatic N) is 2.